The number of hydrogen-bond donors (Lipinski definition) is 1. The number of morpholine rings is 1. The average Bonchev–Trinajstić information content (AvgIpc) is 2.72. The summed E-state index contributed by atoms with van der Waals surface area (Å²) in [5.41, 5.74) is 5.81. The second-order valence-corrected chi connectivity index (χ2v) is 4.92. The van der Waals surface area contributed by atoms with E-state index < -0.39 is 0 Å². The lowest BCUT2D eigenvalue weighted by atomic mass is 10.2. The first-order chi connectivity index (χ1) is 7.29. The SMILES string of the molecule is NC(=S)C(c1cccs1)N1CCOCC1. The predicted molar refractivity (Wildman–Crippen MR) is 66.2 cm³/mol. The molecular weight excluding hydrogens is 228 g/mol. The van der Waals surface area contributed by atoms with Gasteiger partial charge in [0.2, 0.25) is 0 Å². The fourth-order valence-electron chi connectivity index (χ4n) is 1.78. The van der Waals surface area contributed by atoms with Gasteiger partial charge in [-0.15, -0.1) is 11.3 Å². The third-order valence-electron chi connectivity index (χ3n) is 2.49. The van der Waals surface area contributed by atoms with Crippen LogP contribution in [0.5, 0.6) is 0 Å². The van der Waals surface area contributed by atoms with Crippen LogP contribution in [-0.2, 0) is 4.74 Å². The van der Waals surface area contributed by atoms with Crippen molar-refractivity contribution in [2.24, 2.45) is 5.73 Å². The summed E-state index contributed by atoms with van der Waals surface area (Å²) < 4.78 is 5.32. The van der Waals surface area contributed by atoms with Crippen LogP contribution in [0.3, 0.4) is 0 Å². The largest absolute Gasteiger partial charge is 0.392 e. The molecular formula is C10H14N2OS2. The van der Waals surface area contributed by atoms with Gasteiger partial charge in [-0.1, -0.05) is 18.3 Å². The van der Waals surface area contributed by atoms with Gasteiger partial charge in [0, 0.05) is 18.0 Å². The van der Waals surface area contributed by atoms with E-state index in [4.69, 9.17) is 22.7 Å². The van der Waals surface area contributed by atoms with Gasteiger partial charge in [0.1, 0.15) is 0 Å². The Morgan fingerprint density at radius 2 is 2.27 bits per heavy atom. The van der Waals surface area contributed by atoms with Crippen molar-refractivity contribution in [3.8, 4) is 0 Å². The van der Waals surface area contributed by atoms with E-state index in [9.17, 15) is 0 Å². The molecule has 0 radical (unpaired) electrons. The number of ether oxygens (including phenoxy) is 1. The van der Waals surface area contributed by atoms with E-state index in [1.807, 2.05) is 6.07 Å². The molecule has 1 aromatic heterocycles. The summed E-state index contributed by atoms with van der Waals surface area (Å²) in [7, 11) is 0. The number of nitrogens with zero attached hydrogens (tertiary/aromatic N) is 1. The number of rotatable bonds is 3. The van der Waals surface area contributed by atoms with E-state index in [-0.39, 0.29) is 6.04 Å². The van der Waals surface area contributed by atoms with Gasteiger partial charge in [-0.3, -0.25) is 4.90 Å². The summed E-state index contributed by atoms with van der Waals surface area (Å²) >= 11 is 6.85. The Bertz CT molecular complexity index is 320. The summed E-state index contributed by atoms with van der Waals surface area (Å²) in [6, 6.07) is 4.21. The number of thiophene rings is 1. The molecule has 0 saturated carbocycles. The maximum atomic E-state index is 5.81. The normalized spacial score (nSPS) is 20.0. The van der Waals surface area contributed by atoms with Crippen molar-refractivity contribution in [2.45, 2.75) is 6.04 Å². The van der Waals surface area contributed by atoms with Gasteiger partial charge in [0.05, 0.1) is 24.2 Å². The first-order valence-corrected chi connectivity index (χ1v) is 6.22. The minimum atomic E-state index is 0.0869. The molecule has 15 heavy (non-hydrogen) atoms. The van der Waals surface area contributed by atoms with Gasteiger partial charge < -0.3 is 10.5 Å². The van der Waals surface area contributed by atoms with Gasteiger partial charge in [-0.25, -0.2) is 0 Å². The van der Waals surface area contributed by atoms with Crippen LogP contribution in [0.4, 0.5) is 0 Å². The predicted octanol–water partition coefficient (Wildman–Crippen LogP) is 1.41. The van der Waals surface area contributed by atoms with Crippen LogP contribution in [0, 0.1) is 0 Å². The smallest absolute Gasteiger partial charge is 0.0956 e. The maximum Gasteiger partial charge on any atom is 0.0956 e. The first kappa shape index (κ1) is 11.0. The molecule has 2 heterocycles. The zero-order valence-electron chi connectivity index (χ0n) is 8.39. The van der Waals surface area contributed by atoms with Crippen molar-refractivity contribution in [2.75, 3.05) is 26.3 Å². The van der Waals surface area contributed by atoms with Crippen molar-refractivity contribution in [3.05, 3.63) is 22.4 Å². The topological polar surface area (TPSA) is 38.5 Å². The minimum absolute atomic E-state index is 0.0869. The van der Waals surface area contributed by atoms with Crippen LogP contribution in [0.25, 0.3) is 0 Å². The average molecular weight is 242 g/mol. The molecule has 0 aliphatic carbocycles. The molecule has 0 spiro atoms. The van der Waals surface area contributed by atoms with Gasteiger partial charge in [0.15, 0.2) is 0 Å². The molecule has 1 aromatic rings. The van der Waals surface area contributed by atoms with Crippen LogP contribution in [0.1, 0.15) is 10.9 Å². The summed E-state index contributed by atoms with van der Waals surface area (Å²) in [5, 5.41) is 2.06. The number of thiocarbonyl (C=S) groups is 1. The van der Waals surface area contributed by atoms with Crippen molar-refractivity contribution in [1.29, 1.82) is 0 Å². The highest BCUT2D eigenvalue weighted by Gasteiger charge is 2.25. The summed E-state index contributed by atoms with van der Waals surface area (Å²) in [6.45, 7) is 3.34. The fraction of sp³-hybridized carbons (Fsp3) is 0.500. The van der Waals surface area contributed by atoms with Gasteiger partial charge in [-0.2, -0.15) is 0 Å². The van der Waals surface area contributed by atoms with Gasteiger partial charge in [-0.05, 0) is 11.4 Å². The zero-order valence-corrected chi connectivity index (χ0v) is 10.0. The summed E-state index contributed by atoms with van der Waals surface area (Å²) in [4.78, 5) is 4.07. The van der Waals surface area contributed by atoms with E-state index in [2.05, 4.69) is 16.3 Å². The van der Waals surface area contributed by atoms with E-state index >= 15 is 0 Å². The molecule has 3 nitrogen and oxygen atoms in total. The lowest BCUT2D eigenvalue weighted by molar-refractivity contribution is 0.0294. The first-order valence-electron chi connectivity index (χ1n) is 4.93. The van der Waals surface area contributed by atoms with E-state index in [1.165, 1.54) is 4.88 Å². The Kier molecular flexibility index (Phi) is 3.69. The Hall–Kier alpha value is -0.490. The molecule has 1 fully saturated rings. The molecule has 0 bridgehead atoms. The molecule has 0 aromatic carbocycles. The second kappa shape index (κ2) is 5.03. The highest BCUT2D eigenvalue weighted by molar-refractivity contribution is 7.80. The standard InChI is InChI=1S/C10H14N2OS2/c11-10(14)9(8-2-1-7-15-8)12-3-5-13-6-4-12/h1-2,7,9H,3-6H2,(H2,11,14). The van der Waals surface area contributed by atoms with E-state index in [1.54, 1.807) is 11.3 Å². The van der Waals surface area contributed by atoms with Gasteiger partial charge >= 0.3 is 0 Å². The fourth-order valence-corrected chi connectivity index (χ4v) is 3.01. The monoisotopic (exact) mass is 242 g/mol. The number of hydrogen-bond acceptors (Lipinski definition) is 4. The third kappa shape index (κ3) is 2.55. The van der Waals surface area contributed by atoms with Gasteiger partial charge in [0.25, 0.3) is 0 Å². The molecule has 1 saturated heterocycles. The molecule has 1 unspecified atom stereocenters. The Morgan fingerprint density at radius 1 is 1.53 bits per heavy atom. The van der Waals surface area contributed by atoms with Crippen molar-refractivity contribution in [1.82, 2.24) is 4.90 Å². The molecule has 2 rings (SSSR count). The Morgan fingerprint density at radius 3 is 2.80 bits per heavy atom. The van der Waals surface area contributed by atoms with Crippen LogP contribution in [0.2, 0.25) is 0 Å². The Labute approximate surface area is 98.8 Å². The Balaban J connectivity index is 2.15. The van der Waals surface area contributed by atoms with Crippen LogP contribution >= 0.6 is 23.6 Å². The summed E-state index contributed by atoms with van der Waals surface area (Å²) in [5.74, 6) is 0. The second-order valence-electron chi connectivity index (χ2n) is 3.47. The quantitative estimate of drug-likeness (QED) is 0.813. The van der Waals surface area contributed by atoms with Crippen molar-refractivity contribution < 1.29 is 4.74 Å². The molecule has 0 amide bonds. The molecule has 1 aliphatic heterocycles. The highest BCUT2D eigenvalue weighted by atomic mass is 32.1. The third-order valence-corrected chi connectivity index (χ3v) is 3.64. The highest BCUT2D eigenvalue weighted by Crippen LogP contribution is 2.26. The summed E-state index contributed by atoms with van der Waals surface area (Å²) in [6.07, 6.45) is 0. The molecule has 1 atom stereocenters. The number of nitrogens with two attached hydrogens (primary N) is 1. The maximum absolute atomic E-state index is 5.81. The van der Waals surface area contributed by atoms with Crippen LogP contribution in [-0.4, -0.2) is 36.2 Å². The van der Waals surface area contributed by atoms with E-state index in [0.717, 1.165) is 26.3 Å². The molecule has 5 heteroatoms. The lowest BCUT2D eigenvalue weighted by Crippen LogP contribution is -2.43. The molecule has 2 N–H and O–H groups in total. The van der Waals surface area contributed by atoms with E-state index in [0.29, 0.717) is 4.99 Å². The van der Waals surface area contributed by atoms with Crippen LogP contribution in [0.15, 0.2) is 17.5 Å². The van der Waals surface area contributed by atoms with Crippen LogP contribution < -0.4 is 5.73 Å². The van der Waals surface area contributed by atoms with Crippen molar-refractivity contribution in [3.63, 3.8) is 0 Å². The lowest BCUT2D eigenvalue weighted by Gasteiger charge is -2.33. The minimum Gasteiger partial charge on any atom is -0.392 e. The zero-order chi connectivity index (χ0) is 10.7. The molecule has 82 valence electrons. The van der Waals surface area contributed by atoms with Crippen molar-refractivity contribution >= 4 is 28.5 Å². The molecule has 1 aliphatic rings.